The van der Waals surface area contributed by atoms with E-state index in [1.807, 2.05) is 48.5 Å². The van der Waals surface area contributed by atoms with Crippen LogP contribution in [0.5, 0.6) is 11.5 Å². The minimum atomic E-state index is -0.335. The average Bonchev–Trinajstić information content (AvgIpc) is 3.06. The van der Waals surface area contributed by atoms with E-state index in [4.69, 9.17) is 9.47 Å². The van der Waals surface area contributed by atoms with Crippen LogP contribution in [0.15, 0.2) is 66.9 Å². The maximum absolute atomic E-state index is 12.7. The van der Waals surface area contributed by atoms with Crippen molar-refractivity contribution in [3.63, 3.8) is 0 Å². The van der Waals surface area contributed by atoms with Gasteiger partial charge in [0.2, 0.25) is 0 Å². The predicted molar refractivity (Wildman–Crippen MR) is 185 cm³/mol. The van der Waals surface area contributed by atoms with Crippen molar-refractivity contribution >= 4 is 5.97 Å². The summed E-state index contributed by atoms with van der Waals surface area (Å²) in [5.74, 6) is 0.996. The largest absolute Gasteiger partial charge is 0.492 e. The van der Waals surface area contributed by atoms with Crippen molar-refractivity contribution in [2.24, 2.45) is 0 Å². The zero-order chi connectivity index (χ0) is 31.1. The molecular weight excluding hydrogens is 542 g/mol. The first-order valence-corrected chi connectivity index (χ1v) is 17.7. The Hall–Kier alpha value is -3.14. The molecule has 240 valence electrons. The van der Waals surface area contributed by atoms with Crippen LogP contribution < -0.4 is 9.47 Å². The van der Waals surface area contributed by atoms with E-state index in [1.165, 1.54) is 115 Å². The van der Waals surface area contributed by atoms with Gasteiger partial charge in [-0.15, -0.1) is 0 Å². The lowest BCUT2D eigenvalue weighted by Gasteiger charge is -2.08. The summed E-state index contributed by atoms with van der Waals surface area (Å²) >= 11 is 0. The fourth-order valence-corrected chi connectivity index (χ4v) is 5.55. The average molecular weight is 600 g/mol. The topological polar surface area (TPSA) is 48.4 Å². The van der Waals surface area contributed by atoms with Crippen LogP contribution in [0.1, 0.15) is 145 Å². The molecule has 3 rings (SSSR count). The molecule has 0 amide bonds. The fourth-order valence-electron chi connectivity index (χ4n) is 5.55. The summed E-state index contributed by atoms with van der Waals surface area (Å²) in [5, 5.41) is 0. The minimum absolute atomic E-state index is 0.335. The first kappa shape index (κ1) is 35.3. The summed E-state index contributed by atoms with van der Waals surface area (Å²) in [6.45, 7) is 5.26. The molecule has 0 bridgehead atoms. The molecule has 1 heterocycles. The molecule has 0 unspecified atom stereocenters. The quantitative estimate of drug-likeness (QED) is 0.0584. The van der Waals surface area contributed by atoms with Crippen molar-refractivity contribution in [2.45, 2.75) is 136 Å². The summed E-state index contributed by atoms with van der Waals surface area (Å²) in [6.07, 6.45) is 26.6. The minimum Gasteiger partial charge on any atom is -0.492 e. The maximum Gasteiger partial charge on any atom is 0.343 e. The first-order valence-electron chi connectivity index (χ1n) is 17.7. The Labute approximate surface area is 268 Å². The van der Waals surface area contributed by atoms with Gasteiger partial charge in [-0.3, -0.25) is 4.98 Å². The number of esters is 1. The summed E-state index contributed by atoms with van der Waals surface area (Å²) in [7, 11) is 0. The summed E-state index contributed by atoms with van der Waals surface area (Å²) in [5.41, 5.74) is 3.68. The summed E-state index contributed by atoms with van der Waals surface area (Å²) < 4.78 is 11.5. The standard InChI is InChI=1S/C40H57NO3/c1-3-5-7-9-11-13-14-16-18-20-32-43-38-30-31-39(41-33-38)35-26-28-37(29-27-35)44-40(42)36-24-22-34(23-25-36)21-19-17-15-12-10-8-6-4-2/h22-31,33H,3-21,32H2,1-2H3. The van der Waals surface area contributed by atoms with Gasteiger partial charge >= 0.3 is 5.97 Å². The number of carbonyl (C=O) groups excluding carboxylic acids is 1. The smallest absolute Gasteiger partial charge is 0.343 e. The van der Waals surface area contributed by atoms with Crippen molar-refractivity contribution in [1.29, 1.82) is 0 Å². The Morgan fingerprint density at radius 3 is 1.64 bits per heavy atom. The van der Waals surface area contributed by atoms with Gasteiger partial charge in [0.05, 0.1) is 24.1 Å². The monoisotopic (exact) mass is 599 g/mol. The Bertz CT molecular complexity index is 1140. The van der Waals surface area contributed by atoms with E-state index in [0.29, 0.717) is 11.3 Å². The lowest BCUT2D eigenvalue weighted by Crippen LogP contribution is -2.08. The fraction of sp³-hybridized carbons (Fsp3) is 0.550. The molecule has 0 spiro atoms. The molecule has 44 heavy (non-hydrogen) atoms. The summed E-state index contributed by atoms with van der Waals surface area (Å²) in [4.78, 5) is 17.3. The number of aromatic nitrogens is 1. The highest BCUT2D eigenvalue weighted by Gasteiger charge is 2.09. The molecule has 0 aliphatic carbocycles. The van der Waals surface area contributed by atoms with Crippen LogP contribution in [0.3, 0.4) is 0 Å². The number of rotatable bonds is 24. The lowest BCUT2D eigenvalue weighted by molar-refractivity contribution is 0.0734. The van der Waals surface area contributed by atoms with Gasteiger partial charge in [-0.1, -0.05) is 129 Å². The van der Waals surface area contributed by atoms with E-state index in [1.54, 1.807) is 6.20 Å². The second-order valence-corrected chi connectivity index (χ2v) is 12.2. The third-order valence-corrected chi connectivity index (χ3v) is 8.37. The van der Waals surface area contributed by atoms with E-state index in [9.17, 15) is 4.79 Å². The number of hydrogen-bond acceptors (Lipinski definition) is 4. The normalized spacial score (nSPS) is 11.0. The molecule has 0 radical (unpaired) electrons. The predicted octanol–water partition coefficient (Wildman–Crippen LogP) is 12.0. The number of ether oxygens (including phenoxy) is 2. The van der Waals surface area contributed by atoms with Crippen LogP contribution in [-0.4, -0.2) is 17.6 Å². The Balaban J connectivity index is 1.31. The van der Waals surface area contributed by atoms with Crippen LogP contribution in [0.4, 0.5) is 0 Å². The van der Waals surface area contributed by atoms with E-state index in [2.05, 4.69) is 31.0 Å². The van der Waals surface area contributed by atoms with Crippen molar-refractivity contribution in [2.75, 3.05) is 6.61 Å². The third-order valence-electron chi connectivity index (χ3n) is 8.37. The second-order valence-electron chi connectivity index (χ2n) is 12.2. The number of aryl methyl sites for hydroxylation is 1. The SMILES string of the molecule is CCCCCCCCCCCCOc1ccc(-c2ccc(OC(=O)c3ccc(CCCCCCCCCC)cc3)cc2)nc1. The van der Waals surface area contributed by atoms with Gasteiger partial charge in [0.1, 0.15) is 11.5 Å². The molecule has 4 nitrogen and oxygen atoms in total. The van der Waals surface area contributed by atoms with Gasteiger partial charge in [-0.2, -0.15) is 0 Å². The number of benzene rings is 2. The van der Waals surface area contributed by atoms with Gasteiger partial charge < -0.3 is 9.47 Å². The van der Waals surface area contributed by atoms with E-state index >= 15 is 0 Å². The molecule has 2 aromatic carbocycles. The van der Waals surface area contributed by atoms with Gasteiger partial charge in [0.15, 0.2) is 0 Å². The molecule has 0 fully saturated rings. The number of carbonyl (C=O) groups is 1. The van der Waals surface area contributed by atoms with Gasteiger partial charge in [0.25, 0.3) is 0 Å². The molecule has 0 saturated carbocycles. The van der Waals surface area contributed by atoms with Crippen LogP contribution in [-0.2, 0) is 6.42 Å². The highest BCUT2D eigenvalue weighted by molar-refractivity contribution is 5.91. The number of pyridine rings is 1. The third kappa shape index (κ3) is 14.6. The number of unbranched alkanes of at least 4 members (excludes halogenated alkanes) is 16. The Kier molecular flexibility index (Phi) is 18.0. The molecule has 0 aliphatic rings. The lowest BCUT2D eigenvalue weighted by atomic mass is 10.0. The second kappa shape index (κ2) is 22.4. The van der Waals surface area contributed by atoms with Crippen LogP contribution in [0.25, 0.3) is 11.3 Å². The van der Waals surface area contributed by atoms with Crippen molar-refractivity contribution in [3.05, 3.63) is 78.0 Å². The maximum atomic E-state index is 12.7. The van der Waals surface area contributed by atoms with E-state index < -0.39 is 0 Å². The van der Waals surface area contributed by atoms with Crippen molar-refractivity contribution in [3.8, 4) is 22.8 Å². The van der Waals surface area contributed by atoms with Gasteiger partial charge in [-0.05, 0) is 73.4 Å². The molecule has 0 saturated heterocycles. The molecule has 3 aromatic rings. The molecule has 0 aliphatic heterocycles. The zero-order valence-corrected chi connectivity index (χ0v) is 27.7. The highest BCUT2D eigenvalue weighted by Crippen LogP contribution is 2.23. The molecule has 1 aromatic heterocycles. The number of nitrogens with zero attached hydrogens (tertiary/aromatic N) is 1. The van der Waals surface area contributed by atoms with Gasteiger partial charge in [0, 0.05) is 5.56 Å². The molecule has 0 N–H and O–H groups in total. The van der Waals surface area contributed by atoms with E-state index in [-0.39, 0.29) is 5.97 Å². The molecular formula is C40H57NO3. The van der Waals surface area contributed by atoms with Crippen LogP contribution in [0.2, 0.25) is 0 Å². The van der Waals surface area contributed by atoms with Crippen molar-refractivity contribution < 1.29 is 14.3 Å². The molecule has 0 atom stereocenters. The zero-order valence-electron chi connectivity index (χ0n) is 27.7. The highest BCUT2D eigenvalue weighted by atomic mass is 16.5. The summed E-state index contributed by atoms with van der Waals surface area (Å²) in [6, 6.07) is 19.3. The van der Waals surface area contributed by atoms with Crippen LogP contribution in [0, 0.1) is 0 Å². The van der Waals surface area contributed by atoms with Crippen LogP contribution >= 0.6 is 0 Å². The molecule has 4 heteroatoms. The van der Waals surface area contributed by atoms with E-state index in [0.717, 1.165) is 36.5 Å². The van der Waals surface area contributed by atoms with Gasteiger partial charge in [-0.25, -0.2) is 4.79 Å². The first-order chi connectivity index (χ1) is 21.7. The number of hydrogen-bond donors (Lipinski definition) is 0. The Morgan fingerprint density at radius 2 is 1.09 bits per heavy atom. The Morgan fingerprint density at radius 1 is 0.568 bits per heavy atom. The van der Waals surface area contributed by atoms with Crippen molar-refractivity contribution in [1.82, 2.24) is 4.98 Å².